The molecule has 1 fully saturated rings. The molecule has 1 saturated heterocycles. The highest BCUT2D eigenvalue weighted by molar-refractivity contribution is 5.91. The molecule has 1 aromatic rings. The molecule has 0 saturated carbocycles. The molecule has 2 aliphatic heterocycles. The largest absolute Gasteiger partial charge is 0.454 e. The van der Waals surface area contributed by atoms with Crippen LogP contribution in [0.4, 0.5) is 0 Å². The minimum absolute atomic E-state index is 0.101. The molecule has 0 unspecified atom stereocenters. The quantitative estimate of drug-likeness (QED) is 0.778. The standard InChI is InChI=1S/C16H19NO3/c18-16(17-9-3-1-2-4-10-17)8-6-13-5-7-14-15(11-13)20-12-19-14/h5-8,11H,1-4,9-10,12H2. The zero-order chi connectivity index (χ0) is 13.8. The Morgan fingerprint density at radius 2 is 1.80 bits per heavy atom. The average molecular weight is 273 g/mol. The molecule has 4 nitrogen and oxygen atoms in total. The molecule has 0 atom stereocenters. The predicted octanol–water partition coefficient (Wildman–Crippen LogP) is 2.83. The summed E-state index contributed by atoms with van der Waals surface area (Å²) in [5.74, 6) is 1.61. The van der Waals surface area contributed by atoms with Crippen LogP contribution in [0.1, 0.15) is 31.2 Å². The van der Waals surface area contributed by atoms with Crippen molar-refractivity contribution in [3.8, 4) is 11.5 Å². The SMILES string of the molecule is O=C(C=Cc1ccc2c(c1)OCO2)N1CCCCCC1. The van der Waals surface area contributed by atoms with Gasteiger partial charge >= 0.3 is 0 Å². The van der Waals surface area contributed by atoms with Crippen LogP contribution in [0.5, 0.6) is 11.5 Å². The summed E-state index contributed by atoms with van der Waals surface area (Å²) in [5, 5.41) is 0. The predicted molar refractivity (Wildman–Crippen MR) is 76.6 cm³/mol. The Balaban J connectivity index is 1.65. The summed E-state index contributed by atoms with van der Waals surface area (Å²) in [6, 6.07) is 5.70. The Bertz CT molecular complexity index is 516. The van der Waals surface area contributed by atoms with Crippen molar-refractivity contribution in [2.45, 2.75) is 25.7 Å². The number of nitrogens with zero attached hydrogens (tertiary/aromatic N) is 1. The summed E-state index contributed by atoms with van der Waals surface area (Å²) < 4.78 is 10.6. The number of rotatable bonds is 2. The molecule has 20 heavy (non-hydrogen) atoms. The summed E-state index contributed by atoms with van der Waals surface area (Å²) in [6.45, 7) is 2.03. The number of benzene rings is 1. The van der Waals surface area contributed by atoms with Gasteiger partial charge in [-0.05, 0) is 36.6 Å². The van der Waals surface area contributed by atoms with Gasteiger partial charge in [0.1, 0.15) is 0 Å². The van der Waals surface area contributed by atoms with E-state index in [9.17, 15) is 4.79 Å². The summed E-state index contributed by atoms with van der Waals surface area (Å²) >= 11 is 0. The van der Waals surface area contributed by atoms with Gasteiger partial charge in [0.05, 0.1) is 0 Å². The lowest BCUT2D eigenvalue weighted by molar-refractivity contribution is -0.125. The molecule has 1 aromatic carbocycles. The Labute approximate surface area is 119 Å². The van der Waals surface area contributed by atoms with Crippen molar-refractivity contribution in [1.82, 2.24) is 4.90 Å². The van der Waals surface area contributed by atoms with Crippen LogP contribution >= 0.6 is 0 Å². The van der Waals surface area contributed by atoms with Crippen molar-refractivity contribution < 1.29 is 14.3 Å². The fraction of sp³-hybridized carbons (Fsp3) is 0.438. The first kappa shape index (κ1) is 13.0. The number of carbonyl (C=O) groups is 1. The molecule has 1 amide bonds. The summed E-state index contributed by atoms with van der Waals surface area (Å²) in [7, 11) is 0. The zero-order valence-corrected chi connectivity index (χ0v) is 11.5. The second-order valence-electron chi connectivity index (χ2n) is 5.19. The lowest BCUT2D eigenvalue weighted by Crippen LogP contribution is -2.30. The number of amides is 1. The van der Waals surface area contributed by atoms with E-state index in [1.807, 2.05) is 29.2 Å². The molecular formula is C16H19NO3. The molecule has 106 valence electrons. The van der Waals surface area contributed by atoms with Crippen LogP contribution in [-0.2, 0) is 4.79 Å². The first-order valence-corrected chi connectivity index (χ1v) is 7.19. The van der Waals surface area contributed by atoms with Gasteiger partial charge in [0.2, 0.25) is 12.7 Å². The normalized spacial score (nSPS) is 18.3. The third kappa shape index (κ3) is 2.95. The molecule has 0 spiro atoms. The molecule has 0 aliphatic carbocycles. The topological polar surface area (TPSA) is 38.8 Å². The molecule has 0 bridgehead atoms. The summed E-state index contributed by atoms with van der Waals surface area (Å²) in [6.07, 6.45) is 8.19. The van der Waals surface area contributed by atoms with E-state index in [1.54, 1.807) is 6.08 Å². The van der Waals surface area contributed by atoms with Gasteiger partial charge in [-0.2, -0.15) is 0 Å². The fourth-order valence-electron chi connectivity index (χ4n) is 2.58. The second-order valence-corrected chi connectivity index (χ2v) is 5.19. The smallest absolute Gasteiger partial charge is 0.246 e. The van der Waals surface area contributed by atoms with Crippen LogP contribution in [-0.4, -0.2) is 30.7 Å². The van der Waals surface area contributed by atoms with E-state index in [4.69, 9.17) is 9.47 Å². The van der Waals surface area contributed by atoms with Gasteiger partial charge in [0.25, 0.3) is 0 Å². The molecule has 2 heterocycles. The first-order valence-electron chi connectivity index (χ1n) is 7.19. The zero-order valence-electron chi connectivity index (χ0n) is 11.5. The number of hydrogen-bond donors (Lipinski definition) is 0. The minimum Gasteiger partial charge on any atom is -0.454 e. The van der Waals surface area contributed by atoms with Crippen molar-refractivity contribution in [3.05, 3.63) is 29.8 Å². The van der Waals surface area contributed by atoms with E-state index in [0.29, 0.717) is 0 Å². The van der Waals surface area contributed by atoms with Crippen LogP contribution in [0.3, 0.4) is 0 Å². The fourth-order valence-corrected chi connectivity index (χ4v) is 2.58. The van der Waals surface area contributed by atoms with Gasteiger partial charge in [0, 0.05) is 19.2 Å². The molecule has 3 rings (SSSR count). The molecule has 4 heteroatoms. The maximum atomic E-state index is 12.1. The molecule has 0 N–H and O–H groups in total. The third-order valence-corrected chi connectivity index (χ3v) is 3.73. The Morgan fingerprint density at radius 3 is 2.60 bits per heavy atom. The average Bonchev–Trinajstić information content (AvgIpc) is 2.76. The first-order chi connectivity index (χ1) is 9.83. The summed E-state index contributed by atoms with van der Waals surface area (Å²) in [4.78, 5) is 14.1. The maximum absolute atomic E-state index is 12.1. The molecule has 2 aliphatic rings. The van der Waals surface area contributed by atoms with Gasteiger partial charge in [-0.1, -0.05) is 18.9 Å². The van der Waals surface area contributed by atoms with Gasteiger partial charge in [-0.25, -0.2) is 0 Å². The van der Waals surface area contributed by atoms with Crippen molar-refractivity contribution in [2.24, 2.45) is 0 Å². The number of fused-ring (bicyclic) bond motifs is 1. The number of hydrogen-bond acceptors (Lipinski definition) is 3. The van der Waals surface area contributed by atoms with Gasteiger partial charge < -0.3 is 14.4 Å². The van der Waals surface area contributed by atoms with E-state index in [-0.39, 0.29) is 12.7 Å². The number of carbonyl (C=O) groups excluding carboxylic acids is 1. The lowest BCUT2D eigenvalue weighted by atomic mass is 10.2. The van der Waals surface area contributed by atoms with Crippen molar-refractivity contribution in [1.29, 1.82) is 0 Å². The van der Waals surface area contributed by atoms with Crippen molar-refractivity contribution in [3.63, 3.8) is 0 Å². The van der Waals surface area contributed by atoms with Gasteiger partial charge in [-0.15, -0.1) is 0 Å². The van der Waals surface area contributed by atoms with E-state index >= 15 is 0 Å². The van der Waals surface area contributed by atoms with Crippen LogP contribution in [0.25, 0.3) is 6.08 Å². The second kappa shape index (κ2) is 5.99. The van der Waals surface area contributed by atoms with Gasteiger partial charge in [-0.3, -0.25) is 4.79 Å². The highest BCUT2D eigenvalue weighted by Gasteiger charge is 2.14. The van der Waals surface area contributed by atoms with E-state index in [2.05, 4.69) is 0 Å². The molecule has 0 radical (unpaired) electrons. The lowest BCUT2D eigenvalue weighted by Gasteiger charge is -2.17. The van der Waals surface area contributed by atoms with Crippen molar-refractivity contribution in [2.75, 3.05) is 19.9 Å². The van der Waals surface area contributed by atoms with Crippen LogP contribution in [0.2, 0.25) is 0 Å². The Morgan fingerprint density at radius 1 is 1.05 bits per heavy atom. The number of ether oxygens (including phenoxy) is 2. The monoisotopic (exact) mass is 273 g/mol. The highest BCUT2D eigenvalue weighted by atomic mass is 16.7. The van der Waals surface area contributed by atoms with Crippen LogP contribution < -0.4 is 9.47 Å². The van der Waals surface area contributed by atoms with E-state index in [1.165, 1.54) is 12.8 Å². The third-order valence-electron chi connectivity index (χ3n) is 3.73. The summed E-state index contributed by atoms with van der Waals surface area (Å²) in [5.41, 5.74) is 0.956. The molecular weight excluding hydrogens is 254 g/mol. The minimum atomic E-state index is 0.101. The Kier molecular flexibility index (Phi) is 3.90. The van der Waals surface area contributed by atoms with Crippen molar-refractivity contribution >= 4 is 12.0 Å². The number of likely N-dealkylation sites (tertiary alicyclic amines) is 1. The van der Waals surface area contributed by atoms with Crippen LogP contribution in [0.15, 0.2) is 24.3 Å². The van der Waals surface area contributed by atoms with Crippen LogP contribution in [0, 0.1) is 0 Å². The molecule has 0 aromatic heterocycles. The van der Waals surface area contributed by atoms with Gasteiger partial charge in [0.15, 0.2) is 11.5 Å². The van der Waals surface area contributed by atoms with E-state index in [0.717, 1.165) is 43.0 Å². The highest BCUT2D eigenvalue weighted by Crippen LogP contribution is 2.32. The van der Waals surface area contributed by atoms with E-state index < -0.39 is 0 Å². The maximum Gasteiger partial charge on any atom is 0.246 e. The Hall–Kier alpha value is -1.97.